The minimum absolute atomic E-state index is 0.286. The first kappa shape index (κ1) is 29.6. The van der Waals surface area contributed by atoms with E-state index >= 15 is 0 Å². The average Bonchev–Trinajstić information content (AvgIpc) is 3.47. The summed E-state index contributed by atoms with van der Waals surface area (Å²) in [5, 5.41) is 11.4. The van der Waals surface area contributed by atoms with E-state index in [1.54, 1.807) is 31.4 Å². The highest BCUT2D eigenvalue weighted by Gasteiger charge is 2.12. The summed E-state index contributed by atoms with van der Waals surface area (Å²) in [5.41, 5.74) is 7.18. The number of aromatic nitrogens is 1. The van der Waals surface area contributed by atoms with Crippen LogP contribution in [0.5, 0.6) is 11.5 Å². The first-order chi connectivity index (χ1) is 20.4. The third-order valence-corrected chi connectivity index (χ3v) is 8.10. The molecule has 0 aliphatic rings. The first-order valence-electron chi connectivity index (χ1n) is 12.6. The molecule has 2 N–H and O–H groups in total. The van der Waals surface area contributed by atoms with Crippen LogP contribution in [0.4, 0.5) is 10.8 Å². The third-order valence-electron chi connectivity index (χ3n) is 6.04. The van der Waals surface area contributed by atoms with Crippen LogP contribution in [0.2, 0.25) is 10.0 Å². The van der Waals surface area contributed by atoms with Crippen LogP contribution in [0.15, 0.2) is 99.9 Å². The smallest absolute Gasteiger partial charge is 0.271 e. The van der Waals surface area contributed by atoms with Gasteiger partial charge >= 0.3 is 0 Å². The maximum atomic E-state index is 12.7. The summed E-state index contributed by atoms with van der Waals surface area (Å²) in [6, 6.07) is 25.6. The van der Waals surface area contributed by atoms with Gasteiger partial charge in [-0.05, 0) is 70.5 Å². The Hall–Kier alpha value is -3.89. The Bertz CT molecular complexity index is 1730. The molecule has 0 spiro atoms. The lowest BCUT2D eigenvalue weighted by molar-refractivity contribution is 0.0955. The number of hydrogen-bond acceptors (Lipinski definition) is 7. The number of carbonyl (C=O) groups excluding carboxylic acids is 1. The highest BCUT2D eigenvalue weighted by Crippen LogP contribution is 2.34. The highest BCUT2D eigenvalue weighted by atomic mass is 79.9. The van der Waals surface area contributed by atoms with E-state index in [0.717, 1.165) is 27.6 Å². The van der Waals surface area contributed by atoms with Gasteiger partial charge in [-0.1, -0.05) is 53.5 Å². The van der Waals surface area contributed by atoms with Crippen LogP contribution in [0.1, 0.15) is 21.5 Å². The van der Waals surface area contributed by atoms with Crippen molar-refractivity contribution < 1.29 is 14.3 Å². The Morgan fingerprint density at radius 2 is 1.79 bits per heavy atom. The van der Waals surface area contributed by atoms with Crippen LogP contribution in [0.3, 0.4) is 0 Å². The number of methoxy groups -OCH3 is 1. The summed E-state index contributed by atoms with van der Waals surface area (Å²) >= 11 is 17.2. The van der Waals surface area contributed by atoms with E-state index in [9.17, 15) is 4.79 Å². The van der Waals surface area contributed by atoms with Crippen molar-refractivity contribution in [3.8, 4) is 22.8 Å². The lowest BCUT2D eigenvalue weighted by atomic mass is 10.1. The number of nitrogens with one attached hydrogen (secondary N) is 2. The molecule has 0 radical (unpaired) electrons. The molecular weight excluding hydrogens is 659 g/mol. The lowest BCUT2D eigenvalue weighted by Crippen LogP contribution is -2.17. The van der Waals surface area contributed by atoms with Crippen molar-refractivity contribution in [1.82, 2.24) is 10.4 Å². The number of halogens is 3. The fourth-order valence-corrected chi connectivity index (χ4v) is 5.31. The molecule has 0 fully saturated rings. The van der Waals surface area contributed by atoms with Crippen LogP contribution in [0, 0.1) is 0 Å². The van der Waals surface area contributed by atoms with Crippen LogP contribution in [-0.2, 0) is 6.61 Å². The molecule has 0 atom stereocenters. The Kier molecular flexibility index (Phi) is 9.76. The van der Waals surface area contributed by atoms with E-state index in [4.69, 9.17) is 32.7 Å². The minimum Gasteiger partial charge on any atom is -0.493 e. The lowest BCUT2D eigenvalue weighted by Gasteiger charge is -2.13. The maximum absolute atomic E-state index is 12.7. The molecule has 5 aromatic rings. The summed E-state index contributed by atoms with van der Waals surface area (Å²) < 4.78 is 12.2. The summed E-state index contributed by atoms with van der Waals surface area (Å²) in [7, 11) is 1.56. The zero-order valence-corrected chi connectivity index (χ0v) is 26.0. The molecule has 7 nitrogen and oxygen atoms in total. The van der Waals surface area contributed by atoms with Crippen molar-refractivity contribution in [2.75, 3.05) is 12.4 Å². The minimum atomic E-state index is -0.344. The van der Waals surface area contributed by atoms with Gasteiger partial charge in [0, 0.05) is 47.8 Å². The predicted octanol–water partition coefficient (Wildman–Crippen LogP) is 8.97. The predicted molar refractivity (Wildman–Crippen MR) is 174 cm³/mol. The number of nitrogens with zero attached hydrogens (tertiary/aromatic N) is 2. The maximum Gasteiger partial charge on any atom is 0.271 e. The molecule has 0 aliphatic carbocycles. The molecule has 212 valence electrons. The Morgan fingerprint density at radius 1 is 1.02 bits per heavy atom. The van der Waals surface area contributed by atoms with Gasteiger partial charge in [-0.2, -0.15) is 5.10 Å². The first-order valence-corrected chi connectivity index (χ1v) is 15.0. The van der Waals surface area contributed by atoms with E-state index in [2.05, 4.69) is 36.8 Å². The number of amides is 1. The molecule has 0 bridgehead atoms. The van der Waals surface area contributed by atoms with Gasteiger partial charge in [-0.25, -0.2) is 10.4 Å². The summed E-state index contributed by atoms with van der Waals surface area (Å²) in [4.78, 5) is 17.3. The molecule has 1 aromatic heterocycles. The van der Waals surface area contributed by atoms with Gasteiger partial charge in [0.1, 0.15) is 6.61 Å². The topological polar surface area (TPSA) is 84.8 Å². The fourth-order valence-electron chi connectivity index (χ4n) is 3.83. The van der Waals surface area contributed by atoms with E-state index in [0.29, 0.717) is 37.1 Å². The molecule has 11 heteroatoms. The van der Waals surface area contributed by atoms with Crippen LogP contribution < -0.4 is 20.2 Å². The summed E-state index contributed by atoms with van der Waals surface area (Å²) in [5.74, 6) is 0.713. The van der Waals surface area contributed by atoms with Crippen LogP contribution in [-0.4, -0.2) is 24.2 Å². The zero-order chi connectivity index (χ0) is 29.5. The number of carbonyl (C=O) groups is 1. The molecule has 4 aromatic carbocycles. The normalized spacial score (nSPS) is 11.0. The monoisotopic (exact) mass is 680 g/mol. The van der Waals surface area contributed by atoms with Crippen molar-refractivity contribution >= 4 is 73.4 Å². The molecule has 0 saturated heterocycles. The Morgan fingerprint density at radius 3 is 2.52 bits per heavy atom. The largest absolute Gasteiger partial charge is 0.493 e. The molecule has 1 heterocycles. The number of benzene rings is 4. The van der Waals surface area contributed by atoms with E-state index in [-0.39, 0.29) is 12.5 Å². The second kappa shape index (κ2) is 13.8. The second-order valence-corrected chi connectivity index (χ2v) is 11.4. The van der Waals surface area contributed by atoms with Gasteiger partial charge in [0.2, 0.25) is 0 Å². The fraction of sp³-hybridized carbons (Fsp3) is 0.0645. The van der Waals surface area contributed by atoms with Gasteiger partial charge in [0.05, 0.1) is 19.0 Å². The number of rotatable bonds is 10. The van der Waals surface area contributed by atoms with E-state index < -0.39 is 0 Å². The molecule has 0 saturated carbocycles. The van der Waals surface area contributed by atoms with Crippen LogP contribution >= 0.6 is 50.5 Å². The van der Waals surface area contributed by atoms with Crippen molar-refractivity contribution in [3.63, 3.8) is 0 Å². The number of hydrazone groups is 1. The number of hydrogen-bond donors (Lipinski definition) is 2. The molecule has 42 heavy (non-hydrogen) atoms. The number of anilines is 2. The van der Waals surface area contributed by atoms with E-state index in [1.165, 1.54) is 17.6 Å². The van der Waals surface area contributed by atoms with Gasteiger partial charge in [0.25, 0.3) is 5.91 Å². The summed E-state index contributed by atoms with van der Waals surface area (Å²) in [6.07, 6.45) is 1.53. The summed E-state index contributed by atoms with van der Waals surface area (Å²) in [6.45, 7) is 0.286. The van der Waals surface area contributed by atoms with Crippen molar-refractivity contribution in [3.05, 3.63) is 122 Å². The number of thiazole rings is 1. The Labute approximate surface area is 265 Å². The van der Waals surface area contributed by atoms with Gasteiger partial charge in [0.15, 0.2) is 16.6 Å². The zero-order valence-electron chi connectivity index (χ0n) is 22.1. The van der Waals surface area contributed by atoms with Gasteiger partial charge < -0.3 is 14.8 Å². The molecule has 5 rings (SSSR count). The molecule has 0 unspecified atom stereocenters. The average molecular weight is 682 g/mol. The van der Waals surface area contributed by atoms with Crippen molar-refractivity contribution in [2.24, 2.45) is 5.10 Å². The molecular formula is C31H23BrCl2N4O3S. The van der Waals surface area contributed by atoms with Crippen molar-refractivity contribution in [2.45, 2.75) is 6.61 Å². The highest BCUT2D eigenvalue weighted by molar-refractivity contribution is 9.10. The van der Waals surface area contributed by atoms with Crippen LogP contribution in [0.25, 0.3) is 11.3 Å². The van der Waals surface area contributed by atoms with Crippen molar-refractivity contribution in [1.29, 1.82) is 0 Å². The quantitative estimate of drug-likeness (QED) is 0.114. The van der Waals surface area contributed by atoms with Gasteiger partial charge in [-0.15, -0.1) is 11.3 Å². The SMILES string of the molecule is COc1cc(/C=N\NC(=O)c2ccc(-c3csc(Nc4ccc(Cl)cc4)n3)cc2)c(Br)cc1OCc1ccccc1Cl. The molecule has 1 amide bonds. The second-order valence-electron chi connectivity index (χ2n) is 8.85. The standard InChI is InChI=1S/C31H23BrCl2N4O3S/c1-40-28-14-22(25(32)15-29(28)41-17-21-4-2-3-5-26(21)34)16-35-38-30(39)20-8-6-19(7-9-20)27-18-42-31(37-27)36-24-12-10-23(33)11-13-24/h2-16,18H,17H2,1H3,(H,36,37)(H,38,39)/b35-16-. The van der Waals surface area contributed by atoms with Gasteiger partial charge in [-0.3, -0.25) is 4.79 Å². The Balaban J connectivity index is 1.19. The number of ether oxygens (including phenoxy) is 2. The third kappa shape index (κ3) is 7.49. The molecule has 0 aliphatic heterocycles. The van der Waals surface area contributed by atoms with E-state index in [1.807, 2.05) is 66.0 Å².